The van der Waals surface area contributed by atoms with Crippen molar-refractivity contribution < 1.29 is 14.7 Å². The van der Waals surface area contributed by atoms with Crippen LogP contribution in [0.4, 0.5) is 0 Å². The van der Waals surface area contributed by atoms with E-state index in [0.717, 1.165) is 32.2 Å². The Balaban J connectivity index is 2.40. The van der Waals surface area contributed by atoms with Crippen LogP contribution in [0.5, 0.6) is 0 Å². The first kappa shape index (κ1) is 18.1. The van der Waals surface area contributed by atoms with Gasteiger partial charge in [-0.1, -0.05) is 26.7 Å². The van der Waals surface area contributed by atoms with E-state index in [1.54, 1.807) is 0 Å². The van der Waals surface area contributed by atoms with Crippen LogP contribution in [0.15, 0.2) is 0 Å². The van der Waals surface area contributed by atoms with Crippen molar-refractivity contribution in [3.05, 3.63) is 0 Å². The summed E-state index contributed by atoms with van der Waals surface area (Å²) in [4.78, 5) is 25.5. The Morgan fingerprint density at radius 3 is 2.43 bits per heavy atom. The molecular weight excluding hydrogens is 268 g/mol. The zero-order valence-corrected chi connectivity index (χ0v) is 13.8. The fourth-order valence-electron chi connectivity index (χ4n) is 3.07. The molecule has 2 N–H and O–H groups in total. The van der Waals surface area contributed by atoms with Crippen LogP contribution in [0, 0.1) is 11.8 Å². The number of carbonyl (C=O) groups is 2. The first-order valence-electron chi connectivity index (χ1n) is 7.97. The van der Waals surface area contributed by atoms with Gasteiger partial charge in [0.05, 0.1) is 18.7 Å². The topological polar surface area (TPSA) is 69.6 Å². The molecule has 0 heterocycles. The summed E-state index contributed by atoms with van der Waals surface area (Å²) in [7, 11) is 1.89. The lowest BCUT2D eigenvalue weighted by atomic mass is 9.86. The SMILES string of the molecule is CC(=O)C(NC(=O)CN(C)CC1CCCCC1O)C(C)C. The molecule has 21 heavy (non-hydrogen) atoms. The fourth-order valence-corrected chi connectivity index (χ4v) is 3.07. The van der Waals surface area contributed by atoms with Crippen LogP contribution < -0.4 is 5.32 Å². The molecule has 122 valence electrons. The second-order valence-corrected chi connectivity index (χ2v) is 6.71. The van der Waals surface area contributed by atoms with Crippen molar-refractivity contribution in [3.8, 4) is 0 Å². The van der Waals surface area contributed by atoms with Crippen LogP contribution in [0.2, 0.25) is 0 Å². The third kappa shape index (κ3) is 6.14. The quantitative estimate of drug-likeness (QED) is 0.741. The molecule has 0 aromatic carbocycles. The van der Waals surface area contributed by atoms with Gasteiger partial charge in [-0.2, -0.15) is 0 Å². The van der Waals surface area contributed by atoms with Gasteiger partial charge in [0, 0.05) is 6.54 Å². The summed E-state index contributed by atoms with van der Waals surface area (Å²) in [6, 6.07) is -0.411. The molecule has 0 aromatic heterocycles. The molecular formula is C16H30N2O3. The van der Waals surface area contributed by atoms with Crippen LogP contribution in [0.25, 0.3) is 0 Å². The minimum absolute atomic E-state index is 0.0105. The predicted octanol–water partition coefficient (Wildman–Crippen LogP) is 1.20. The average molecular weight is 298 g/mol. The van der Waals surface area contributed by atoms with Gasteiger partial charge in [0.1, 0.15) is 0 Å². The lowest BCUT2D eigenvalue weighted by Crippen LogP contribution is -2.47. The number of amides is 1. The van der Waals surface area contributed by atoms with Crippen LogP contribution in [-0.4, -0.2) is 54.0 Å². The highest BCUT2D eigenvalue weighted by Gasteiger charge is 2.25. The van der Waals surface area contributed by atoms with Gasteiger partial charge < -0.3 is 10.4 Å². The molecule has 0 aromatic rings. The normalized spacial score (nSPS) is 24.1. The van der Waals surface area contributed by atoms with E-state index < -0.39 is 6.04 Å². The molecule has 0 bridgehead atoms. The second kappa shape index (κ2) is 8.49. The van der Waals surface area contributed by atoms with E-state index in [1.807, 2.05) is 25.8 Å². The molecule has 1 aliphatic rings. The largest absolute Gasteiger partial charge is 0.393 e. The van der Waals surface area contributed by atoms with E-state index in [4.69, 9.17) is 0 Å². The highest BCUT2D eigenvalue weighted by molar-refractivity contribution is 5.88. The molecule has 1 saturated carbocycles. The van der Waals surface area contributed by atoms with Gasteiger partial charge in [0.25, 0.3) is 0 Å². The molecule has 0 aliphatic heterocycles. The van der Waals surface area contributed by atoms with Crippen molar-refractivity contribution in [2.75, 3.05) is 20.1 Å². The molecule has 1 fully saturated rings. The number of aliphatic hydroxyl groups excluding tert-OH is 1. The molecule has 0 radical (unpaired) electrons. The van der Waals surface area contributed by atoms with Crippen LogP contribution in [-0.2, 0) is 9.59 Å². The van der Waals surface area contributed by atoms with Gasteiger partial charge in [0.15, 0.2) is 5.78 Å². The van der Waals surface area contributed by atoms with Crippen LogP contribution in [0.3, 0.4) is 0 Å². The molecule has 1 rings (SSSR count). The Morgan fingerprint density at radius 2 is 1.90 bits per heavy atom. The Kier molecular flexibility index (Phi) is 7.32. The number of Topliss-reactive ketones (excluding diaryl/α,β-unsaturated/α-hetero) is 1. The lowest BCUT2D eigenvalue weighted by molar-refractivity contribution is -0.128. The van der Waals surface area contributed by atoms with E-state index in [2.05, 4.69) is 5.32 Å². The van der Waals surface area contributed by atoms with Crippen molar-refractivity contribution in [2.45, 2.75) is 58.6 Å². The highest BCUT2D eigenvalue weighted by Crippen LogP contribution is 2.24. The van der Waals surface area contributed by atoms with Gasteiger partial charge >= 0.3 is 0 Å². The molecule has 3 unspecified atom stereocenters. The first-order chi connectivity index (χ1) is 9.81. The molecule has 0 spiro atoms. The van der Waals surface area contributed by atoms with E-state index in [0.29, 0.717) is 0 Å². The maximum atomic E-state index is 12.0. The summed E-state index contributed by atoms with van der Waals surface area (Å²) < 4.78 is 0. The molecule has 5 heteroatoms. The first-order valence-corrected chi connectivity index (χ1v) is 7.97. The standard InChI is InChI=1S/C16H30N2O3/c1-11(2)16(12(3)19)17-15(21)10-18(4)9-13-7-5-6-8-14(13)20/h11,13-14,16,20H,5-10H2,1-4H3,(H,17,21). The maximum Gasteiger partial charge on any atom is 0.234 e. The number of ketones is 1. The Labute approximate surface area is 128 Å². The fraction of sp³-hybridized carbons (Fsp3) is 0.875. The number of hydrogen-bond donors (Lipinski definition) is 2. The zero-order valence-electron chi connectivity index (χ0n) is 13.8. The van der Waals surface area contributed by atoms with Gasteiger partial charge in [-0.15, -0.1) is 0 Å². The number of hydrogen-bond acceptors (Lipinski definition) is 4. The Hall–Kier alpha value is -0.940. The minimum Gasteiger partial charge on any atom is -0.393 e. The zero-order chi connectivity index (χ0) is 16.0. The number of likely N-dealkylation sites (N-methyl/N-ethyl adjacent to an activating group) is 1. The summed E-state index contributed by atoms with van der Waals surface area (Å²) >= 11 is 0. The van der Waals surface area contributed by atoms with E-state index in [9.17, 15) is 14.7 Å². The third-order valence-electron chi connectivity index (χ3n) is 4.25. The summed E-state index contributed by atoms with van der Waals surface area (Å²) in [6.07, 6.45) is 3.89. The number of aliphatic hydroxyl groups is 1. The van der Waals surface area contributed by atoms with Crippen molar-refractivity contribution in [1.82, 2.24) is 10.2 Å². The van der Waals surface area contributed by atoms with Gasteiger partial charge in [-0.3, -0.25) is 14.5 Å². The highest BCUT2D eigenvalue weighted by atomic mass is 16.3. The van der Waals surface area contributed by atoms with E-state index >= 15 is 0 Å². The van der Waals surface area contributed by atoms with Gasteiger partial charge in [-0.25, -0.2) is 0 Å². The maximum absolute atomic E-state index is 12.0. The summed E-state index contributed by atoms with van der Waals surface area (Å²) in [5.74, 6) is 0.211. The van der Waals surface area contributed by atoms with E-state index in [1.165, 1.54) is 6.92 Å². The monoisotopic (exact) mass is 298 g/mol. The molecule has 5 nitrogen and oxygen atoms in total. The summed E-state index contributed by atoms with van der Waals surface area (Å²) in [5, 5.41) is 12.8. The van der Waals surface area contributed by atoms with Crippen molar-refractivity contribution in [3.63, 3.8) is 0 Å². The number of nitrogens with one attached hydrogen (secondary N) is 1. The van der Waals surface area contributed by atoms with Gasteiger partial charge in [0.2, 0.25) is 5.91 Å². The summed E-state index contributed by atoms with van der Waals surface area (Å²) in [6.45, 7) is 6.34. The number of rotatable bonds is 7. The molecule has 1 aliphatic carbocycles. The van der Waals surface area contributed by atoms with Crippen LogP contribution in [0.1, 0.15) is 46.5 Å². The van der Waals surface area contributed by atoms with Gasteiger partial charge in [-0.05, 0) is 38.6 Å². The minimum atomic E-state index is -0.411. The molecule has 1 amide bonds. The number of nitrogens with zero attached hydrogens (tertiary/aromatic N) is 1. The predicted molar refractivity (Wildman–Crippen MR) is 82.9 cm³/mol. The average Bonchev–Trinajstić information content (AvgIpc) is 2.38. The van der Waals surface area contributed by atoms with E-state index in [-0.39, 0.29) is 36.2 Å². The molecule has 0 saturated heterocycles. The summed E-state index contributed by atoms with van der Waals surface area (Å²) in [5.41, 5.74) is 0. The third-order valence-corrected chi connectivity index (χ3v) is 4.25. The van der Waals surface area contributed by atoms with Crippen molar-refractivity contribution >= 4 is 11.7 Å². The second-order valence-electron chi connectivity index (χ2n) is 6.71. The Bertz CT molecular complexity index is 357. The Morgan fingerprint density at radius 1 is 1.29 bits per heavy atom. The van der Waals surface area contributed by atoms with Crippen molar-refractivity contribution in [2.24, 2.45) is 11.8 Å². The lowest BCUT2D eigenvalue weighted by Gasteiger charge is -2.31. The van der Waals surface area contributed by atoms with Crippen molar-refractivity contribution in [1.29, 1.82) is 0 Å². The van der Waals surface area contributed by atoms with Crippen LogP contribution >= 0.6 is 0 Å². The smallest absolute Gasteiger partial charge is 0.234 e. The number of carbonyl (C=O) groups excluding carboxylic acids is 2. The molecule has 3 atom stereocenters.